The molecule has 1 aromatic carbocycles. The van der Waals surface area contributed by atoms with Gasteiger partial charge in [-0.25, -0.2) is 0 Å². The van der Waals surface area contributed by atoms with Gasteiger partial charge in [-0.15, -0.1) is 0 Å². The molecule has 0 bridgehead atoms. The first-order chi connectivity index (χ1) is 8.72. The number of nitrogens with one attached hydrogen (secondary N) is 1. The summed E-state index contributed by atoms with van der Waals surface area (Å²) in [7, 11) is 0. The van der Waals surface area contributed by atoms with Crippen LogP contribution in [0, 0.1) is 0 Å². The van der Waals surface area contributed by atoms with Crippen molar-refractivity contribution in [3.63, 3.8) is 0 Å². The molecule has 1 N–H and O–H groups in total. The molecule has 96 valence electrons. The Morgan fingerprint density at radius 3 is 2.67 bits per heavy atom. The van der Waals surface area contributed by atoms with Gasteiger partial charge in [-0.05, 0) is 12.0 Å². The van der Waals surface area contributed by atoms with Crippen LogP contribution in [0.5, 0.6) is 0 Å². The molecule has 1 unspecified atom stereocenters. The Labute approximate surface area is 107 Å². The van der Waals surface area contributed by atoms with Crippen molar-refractivity contribution in [3.05, 3.63) is 35.9 Å². The highest BCUT2D eigenvalue weighted by Gasteiger charge is 2.33. The summed E-state index contributed by atoms with van der Waals surface area (Å²) in [6, 6.07) is 9.44. The van der Waals surface area contributed by atoms with Crippen molar-refractivity contribution in [1.29, 1.82) is 0 Å². The van der Waals surface area contributed by atoms with E-state index in [-0.39, 0.29) is 24.4 Å². The minimum atomic E-state index is -0.367. The van der Waals surface area contributed by atoms with Crippen LogP contribution in [0.4, 0.5) is 0 Å². The summed E-state index contributed by atoms with van der Waals surface area (Å²) in [5, 5.41) is 2.66. The lowest BCUT2D eigenvalue weighted by Gasteiger charge is -2.34. The number of nitrogens with zero attached hydrogens (tertiary/aromatic N) is 1. The molecule has 1 aromatic rings. The Kier molecular flexibility index (Phi) is 3.97. The van der Waals surface area contributed by atoms with E-state index in [1.54, 1.807) is 4.90 Å². The van der Waals surface area contributed by atoms with E-state index in [0.717, 1.165) is 12.0 Å². The second-order valence-electron chi connectivity index (χ2n) is 4.51. The molecule has 2 amide bonds. The third-order valence-corrected chi connectivity index (χ3v) is 3.15. The minimum absolute atomic E-state index is 0.0115. The maximum atomic E-state index is 11.9. The van der Waals surface area contributed by atoms with Crippen LogP contribution in [-0.2, 0) is 16.0 Å². The first-order valence-electron chi connectivity index (χ1n) is 6.33. The van der Waals surface area contributed by atoms with Crippen LogP contribution in [0.15, 0.2) is 30.3 Å². The molecule has 1 aliphatic heterocycles. The van der Waals surface area contributed by atoms with Crippen molar-refractivity contribution >= 4 is 11.8 Å². The molecule has 4 heteroatoms. The Balaban J connectivity index is 2.15. The second-order valence-corrected chi connectivity index (χ2v) is 4.51. The zero-order chi connectivity index (χ0) is 13.0. The molecular formula is C14H18N2O2. The SMILES string of the molecule is CCCN1C(=O)CNC(=O)C1Cc1ccccc1. The molecule has 18 heavy (non-hydrogen) atoms. The lowest BCUT2D eigenvalue weighted by Crippen LogP contribution is -2.59. The molecule has 2 rings (SSSR count). The predicted molar refractivity (Wildman–Crippen MR) is 68.9 cm³/mol. The number of hydrogen-bond donors (Lipinski definition) is 1. The number of carbonyl (C=O) groups excluding carboxylic acids is 2. The number of amides is 2. The van der Waals surface area contributed by atoms with Gasteiger partial charge in [-0.2, -0.15) is 0 Å². The Hall–Kier alpha value is -1.84. The number of piperazine rings is 1. The summed E-state index contributed by atoms with van der Waals surface area (Å²) >= 11 is 0. The summed E-state index contributed by atoms with van der Waals surface area (Å²) in [4.78, 5) is 25.5. The summed E-state index contributed by atoms with van der Waals surface area (Å²) in [5.41, 5.74) is 1.08. The van der Waals surface area contributed by atoms with Gasteiger partial charge in [0.2, 0.25) is 11.8 Å². The minimum Gasteiger partial charge on any atom is -0.345 e. The van der Waals surface area contributed by atoms with E-state index < -0.39 is 0 Å². The first-order valence-corrected chi connectivity index (χ1v) is 6.33. The highest BCUT2D eigenvalue weighted by molar-refractivity contribution is 5.95. The highest BCUT2D eigenvalue weighted by Crippen LogP contribution is 2.13. The largest absolute Gasteiger partial charge is 0.345 e. The summed E-state index contributed by atoms with van der Waals surface area (Å²) in [6.07, 6.45) is 1.45. The third-order valence-electron chi connectivity index (χ3n) is 3.15. The van der Waals surface area contributed by atoms with Gasteiger partial charge >= 0.3 is 0 Å². The van der Waals surface area contributed by atoms with Gasteiger partial charge in [-0.3, -0.25) is 9.59 Å². The molecule has 0 saturated carbocycles. The smallest absolute Gasteiger partial charge is 0.243 e. The second kappa shape index (κ2) is 5.67. The van der Waals surface area contributed by atoms with E-state index >= 15 is 0 Å². The van der Waals surface area contributed by atoms with Crippen molar-refractivity contribution in [3.8, 4) is 0 Å². The van der Waals surface area contributed by atoms with Gasteiger partial charge < -0.3 is 10.2 Å². The maximum absolute atomic E-state index is 11.9. The number of carbonyl (C=O) groups is 2. The molecule has 1 atom stereocenters. The summed E-state index contributed by atoms with van der Waals surface area (Å²) < 4.78 is 0. The fourth-order valence-corrected chi connectivity index (χ4v) is 2.26. The van der Waals surface area contributed by atoms with Gasteiger partial charge in [0.25, 0.3) is 0 Å². The quantitative estimate of drug-likeness (QED) is 0.860. The lowest BCUT2D eigenvalue weighted by molar-refractivity contribution is -0.145. The maximum Gasteiger partial charge on any atom is 0.243 e. The molecule has 1 heterocycles. The van der Waals surface area contributed by atoms with Crippen LogP contribution in [0.1, 0.15) is 18.9 Å². The number of benzene rings is 1. The zero-order valence-corrected chi connectivity index (χ0v) is 10.6. The van der Waals surface area contributed by atoms with Crippen LogP contribution >= 0.6 is 0 Å². The molecular weight excluding hydrogens is 228 g/mol. The lowest BCUT2D eigenvalue weighted by atomic mass is 10.0. The van der Waals surface area contributed by atoms with Crippen molar-refractivity contribution in [2.24, 2.45) is 0 Å². The van der Waals surface area contributed by atoms with E-state index in [9.17, 15) is 9.59 Å². The number of rotatable bonds is 4. The van der Waals surface area contributed by atoms with Crippen LogP contribution < -0.4 is 5.32 Å². The summed E-state index contributed by atoms with van der Waals surface area (Å²) in [6.45, 7) is 2.78. The van der Waals surface area contributed by atoms with Gasteiger partial charge in [0.15, 0.2) is 0 Å². The Morgan fingerprint density at radius 1 is 1.28 bits per heavy atom. The third kappa shape index (κ3) is 2.70. The molecule has 0 aliphatic carbocycles. The molecule has 4 nitrogen and oxygen atoms in total. The first kappa shape index (κ1) is 12.6. The zero-order valence-electron chi connectivity index (χ0n) is 10.6. The monoisotopic (exact) mass is 246 g/mol. The van der Waals surface area contributed by atoms with Crippen molar-refractivity contribution in [2.75, 3.05) is 13.1 Å². The van der Waals surface area contributed by atoms with Gasteiger partial charge in [-0.1, -0.05) is 37.3 Å². The topological polar surface area (TPSA) is 49.4 Å². The van der Waals surface area contributed by atoms with Crippen LogP contribution in [0.3, 0.4) is 0 Å². The number of hydrogen-bond acceptors (Lipinski definition) is 2. The molecule has 0 radical (unpaired) electrons. The van der Waals surface area contributed by atoms with Crippen molar-refractivity contribution in [2.45, 2.75) is 25.8 Å². The van der Waals surface area contributed by atoms with Crippen LogP contribution in [0.2, 0.25) is 0 Å². The van der Waals surface area contributed by atoms with E-state index in [0.29, 0.717) is 13.0 Å². The van der Waals surface area contributed by atoms with Crippen LogP contribution in [-0.4, -0.2) is 35.8 Å². The van der Waals surface area contributed by atoms with Gasteiger partial charge in [0.05, 0.1) is 6.54 Å². The fourth-order valence-electron chi connectivity index (χ4n) is 2.26. The standard InChI is InChI=1S/C14H18N2O2/c1-2-8-16-12(14(18)15-10-13(16)17)9-11-6-4-3-5-7-11/h3-7,12H,2,8-10H2,1H3,(H,15,18). The van der Waals surface area contributed by atoms with Crippen molar-refractivity contribution in [1.82, 2.24) is 10.2 Å². The molecule has 0 aromatic heterocycles. The summed E-state index contributed by atoms with van der Waals surface area (Å²) in [5.74, 6) is -0.0377. The molecule has 1 fully saturated rings. The normalized spacial score (nSPS) is 19.8. The van der Waals surface area contributed by atoms with Gasteiger partial charge in [0, 0.05) is 13.0 Å². The van der Waals surface area contributed by atoms with E-state index in [4.69, 9.17) is 0 Å². The average molecular weight is 246 g/mol. The Bertz CT molecular complexity index is 431. The molecule has 0 spiro atoms. The van der Waals surface area contributed by atoms with Crippen molar-refractivity contribution < 1.29 is 9.59 Å². The van der Waals surface area contributed by atoms with E-state index in [2.05, 4.69) is 5.32 Å². The van der Waals surface area contributed by atoms with E-state index in [1.807, 2.05) is 37.3 Å². The highest BCUT2D eigenvalue weighted by atomic mass is 16.2. The predicted octanol–water partition coefficient (Wildman–Crippen LogP) is 0.966. The molecule has 1 aliphatic rings. The van der Waals surface area contributed by atoms with Crippen LogP contribution in [0.25, 0.3) is 0 Å². The molecule has 1 saturated heterocycles. The Morgan fingerprint density at radius 2 is 2.00 bits per heavy atom. The van der Waals surface area contributed by atoms with Gasteiger partial charge in [0.1, 0.15) is 6.04 Å². The average Bonchev–Trinajstić information content (AvgIpc) is 2.39. The fraction of sp³-hybridized carbons (Fsp3) is 0.429. The van der Waals surface area contributed by atoms with E-state index in [1.165, 1.54) is 0 Å².